The van der Waals surface area contributed by atoms with Crippen molar-refractivity contribution < 1.29 is 9.72 Å². The van der Waals surface area contributed by atoms with E-state index in [1.807, 2.05) is 30.3 Å². The summed E-state index contributed by atoms with van der Waals surface area (Å²) in [6.07, 6.45) is -0.297. The predicted octanol–water partition coefficient (Wildman–Crippen LogP) is 2.17. The van der Waals surface area contributed by atoms with Crippen molar-refractivity contribution in [3.8, 4) is 0 Å². The van der Waals surface area contributed by atoms with E-state index in [-0.39, 0.29) is 17.9 Å². The van der Waals surface area contributed by atoms with Gasteiger partial charge in [-0.05, 0) is 17.7 Å². The molecule has 1 unspecified atom stereocenters. The molecule has 2 N–H and O–H groups in total. The monoisotopic (exact) mass is 313 g/mol. The van der Waals surface area contributed by atoms with Crippen LogP contribution in [0.4, 0.5) is 16.2 Å². The quantitative estimate of drug-likeness (QED) is 0.669. The van der Waals surface area contributed by atoms with Crippen LogP contribution in [0.1, 0.15) is 11.7 Å². The van der Waals surface area contributed by atoms with Gasteiger partial charge in [-0.15, -0.1) is 0 Å². The maximum atomic E-state index is 12.3. The number of nitro groups is 1. The Bertz CT molecular complexity index is 720. The van der Waals surface area contributed by atoms with E-state index >= 15 is 0 Å². The summed E-state index contributed by atoms with van der Waals surface area (Å²) < 4.78 is 0. The van der Waals surface area contributed by atoms with Gasteiger partial charge in [0, 0.05) is 19.2 Å². The zero-order chi connectivity index (χ0) is 16.4. The number of nitro benzene ring substituents is 1. The summed E-state index contributed by atoms with van der Waals surface area (Å²) in [5.41, 5.74) is 7.57. The number of anilines is 1. The maximum Gasteiger partial charge on any atom is 0.353 e. The Hall–Kier alpha value is -2.97. The molecular formula is C15H15N5O3. The summed E-state index contributed by atoms with van der Waals surface area (Å²) in [7, 11) is 1.62. The molecule has 1 aliphatic rings. The van der Waals surface area contributed by atoms with Crippen molar-refractivity contribution in [2.75, 3.05) is 12.1 Å². The lowest BCUT2D eigenvalue weighted by Crippen LogP contribution is -2.64. The molecule has 2 aromatic carbocycles. The highest BCUT2D eigenvalue weighted by Gasteiger charge is 2.30. The van der Waals surface area contributed by atoms with Gasteiger partial charge >= 0.3 is 6.03 Å². The van der Waals surface area contributed by atoms with Crippen LogP contribution in [0.15, 0.2) is 54.6 Å². The molecule has 23 heavy (non-hydrogen) atoms. The molecule has 118 valence electrons. The third-order valence-electron chi connectivity index (χ3n) is 3.51. The van der Waals surface area contributed by atoms with Gasteiger partial charge in [-0.2, -0.15) is 0 Å². The fraction of sp³-hybridized carbons (Fsp3) is 0.133. The van der Waals surface area contributed by atoms with E-state index in [9.17, 15) is 14.9 Å². The van der Waals surface area contributed by atoms with Gasteiger partial charge in [0.2, 0.25) is 0 Å². The summed E-state index contributed by atoms with van der Waals surface area (Å²) in [4.78, 5) is 22.6. The van der Waals surface area contributed by atoms with E-state index < -0.39 is 4.92 Å². The zero-order valence-corrected chi connectivity index (χ0v) is 12.3. The second kappa shape index (κ2) is 6.03. The Morgan fingerprint density at radius 1 is 1.04 bits per heavy atom. The number of carbonyl (C=O) groups is 1. The number of nitrogens with one attached hydrogen (secondary N) is 2. The van der Waals surface area contributed by atoms with Crippen molar-refractivity contribution in [2.24, 2.45) is 0 Å². The van der Waals surface area contributed by atoms with Crippen LogP contribution in [0, 0.1) is 10.1 Å². The van der Waals surface area contributed by atoms with E-state index in [2.05, 4.69) is 10.9 Å². The van der Waals surface area contributed by atoms with Gasteiger partial charge in [0.1, 0.15) is 6.17 Å². The number of nitrogens with zero attached hydrogens (tertiary/aromatic N) is 3. The van der Waals surface area contributed by atoms with Gasteiger partial charge < -0.3 is 0 Å². The molecule has 8 heteroatoms. The fourth-order valence-corrected chi connectivity index (χ4v) is 2.32. The van der Waals surface area contributed by atoms with Crippen molar-refractivity contribution in [3.63, 3.8) is 0 Å². The van der Waals surface area contributed by atoms with Crippen molar-refractivity contribution in [2.45, 2.75) is 6.17 Å². The molecule has 8 nitrogen and oxygen atoms in total. The molecule has 1 saturated heterocycles. The zero-order valence-electron chi connectivity index (χ0n) is 12.3. The molecule has 0 radical (unpaired) electrons. The van der Waals surface area contributed by atoms with E-state index in [1.165, 1.54) is 34.3 Å². The van der Waals surface area contributed by atoms with Gasteiger partial charge in [-0.3, -0.25) is 15.1 Å². The Balaban J connectivity index is 1.87. The predicted molar refractivity (Wildman–Crippen MR) is 84.2 cm³/mol. The highest BCUT2D eigenvalue weighted by molar-refractivity contribution is 5.91. The van der Waals surface area contributed by atoms with E-state index in [4.69, 9.17) is 0 Å². The Morgan fingerprint density at radius 3 is 2.30 bits per heavy atom. The minimum absolute atomic E-state index is 0.0238. The van der Waals surface area contributed by atoms with Crippen LogP contribution in [0.2, 0.25) is 0 Å². The van der Waals surface area contributed by atoms with Gasteiger partial charge in [0.15, 0.2) is 0 Å². The molecule has 1 heterocycles. The molecule has 1 fully saturated rings. The van der Waals surface area contributed by atoms with Gasteiger partial charge in [-0.25, -0.2) is 20.7 Å². The molecule has 1 aliphatic heterocycles. The third-order valence-corrected chi connectivity index (χ3v) is 3.51. The minimum atomic E-state index is -0.477. The summed E-state index contributed by atoms with van der Waals surface area (Å²) >= 11 is 0. The first-order chi connectivity index (χ1) is 11.1. The number of hydrogen-bond acceptors (Lipinski definition) is 5. The second-order valence-corrected chi connectivity index (χ2v) is 5.05. The number of urea groups is 1. The lowest BCUT2D eigenvalue weighted by Gasteiger charge is -2.39. The van der Waals surface area contributed by atoms with Crippen molar-refractivity contribution in [1.82, 2.24) is 15.9 Å². The smallest absolute Gasteiger partial charge is 0.259 e. The molecule has 0 saturated carbocycles. The second-order valence-electron chi connectivity index (χ2n) is 5.05. The van der Waals surface area contributed by atoms with Gasteiger partial charge in [0.25, 0.3) is 5.69 Å². The minimum Gasteiger partial charge on any atom is -0.259 e. The molecule has 0 aliphatic carbocycles. The van der Waals surface area contributed by atoms with Crippen LogP contribution in [0.3, 0.4) is 0 Å². The summed E-state index contributed by atoms with van der Waals surface area (Å²) in [6, 6.07) is 15.1. The van der Waals surface area contributed by atoms with E-state index in [1.54, 1.807) is 7.05 Å². The van der Waals surface area contributed by atoms with Gasteiger partial charge in [0.05, 0.1) is 10.6 Å². The molecular weight excluding hydrogens is 298 g/mol. The number of non-ortho nitro benzene ring substituents is 1. The SMILES string of the molecule is CN1NC(c2ccccc2)NN(c2ccc([N+](=O)[O-])cc2)C1=O. The normalized spacial score (nSPS) is 18.1. The van der Waals surface area contributed by atoms with Crippen LogP contribution in [-0.2, 0) is 0 Å². The largest absolute Gasteiger partial charge is 0.353 e. The Labute approximate surface area is 132 Å². The lowest BCUT2D eigenvalue weighted by atomic mass is 10.2. The highest BCUT2D eigenvalue weighted by atomic mass is 16.6. The van der Waals surface area contributed by atoms with Crippen LogP contribution in [0.5, 0.6) is 0 Å². The van der Waals surface area contributed by atoms with E-state index in [0.29, 0.717) is 5.69 Å². The van der Waals surface area contributed by atoms with Gasteiger partial charge in [-0.1, -0.05) is 30.3 Å². The molecule has 1 atom stereocenters. The van der Waals surface area contributed by atoms with Crippen molar-refractivity contribution >= 4 is 17.4 Å². The number of hydrazine groups is 2. The summed E-state index contributed by atoms with van der Waals surface area (Å²) in [6.45, 7) is 0. The van der Waals surface area contributed by atoms with Crippen LogP contribution >= 0.6 is 0 Å². The molecule has 0 spiro atoms. The summed E-state index contributed by atoms with van der Waals surface area (Å²) in [5.74, 6) is 0. The lowest BCUT2D eigenvalue weighted by molar-refractivity contribution is -0.384. The third kappa shape index (κ3) is 2.98. The first-order valence-electron chi connectivity index (χ1n) is 6.96. The average molecular weight is 313 g/mol. The molecule has 0 aromatic heterocycles. The Morgan fingerprint density at radius 2 is 1.70 bits per heavy atom. The topological polar surface area (TPSA) is 90.8 Å². The standard InChI is InChI=1S/C15H15N5O3/c1-18-15(21)19(12-7-9-13(10-8-12)20(22)23)17-14(16-18)11-5-3-2-4-6-11/h2-10,14,16-17H,1H3. The van der Waals surface area contributed by atoms with Crippen molar-refractivity contribution in [3.05, 3.63) is 70.3 Å². The van der Waals surface area contributed by atoms with Crippen LogP contribution in [0.25, 0.3) is 0 Å². The number of amides is 2. The molecule has 0 bridgehead atoms. The molecule has 3 rings (SSSR count). The first-order valence-corrected chi connectivity index (χ1v) is 6.96. The van der Waals surface area contributed by atoms with Crippen molar-refractivity contribution in [1.29, 1.82) is 0 Å². The molecule has 2 aromatic rings. The highest BCUT2D eigenvalue weighted by Crippen LogP contribution is 2.23. The fourth-order valence-electron chi connectivity index (χ4n) is 2.32. The Kier molecular flexibility index (Phi) is 3.92. The number of benzene rings is 2. The molecule has 2 amide bonds. The number of carbonyl (C=O) groups excluding carboxylic acids is 1. The van der Waals surface area contributed by atoms with Crippen LogP contribution < -0.4 is 15.9 Å². The number of hydrogen-bond donors (Lipinski definition) is 2. The van der Waals surface area contributed by atoms with E-state index in [0.717, 1.165) is 5.56 Å². The average Bonchev–Trinajstić information content (AvgIpc) is 2.58. The maximum absolute atomic E-state index is 12.3. The first kappa shape index (κ1) is 14.9. The summed E-state index contributed by atoms with van der Waals surface area (Å²) in [5, 5.41) is 13.5. The number of rotatable bonds is 3. The van der Waals surface area contributed by atoms with Crippen LogP contribution in [-0.4, -0.2) is 23.0 Å².